The van der Waals surface area contributed by atoms with Crippen molar-refractivity contribution in [1.29, 1.82) is 0 Å². The first-order chi connectivity index (χ1) is 12.0. The molecule has 6 heteroatoms. The molecule has 0 bridgehead atoms. The molecule has 4 nitrogen and oxygen atoms in total. The maximum absolute atomic E-state index is 6.40. The van der Waals surface area contributed by atoms with E-state index >= 15 is 0 Å². The van der Waals surface area contributed by atoms with Gasteiger partial charge in [0.05, 0.1) is 5.02 Å². The van der Waals surface area contributed by atoms with E-state index in [1.54, 1.807) is 10.6 Å². The summed E-state index contributed by atoms with van der Waals surface area (Å²) in [5.41, 5.74) is 3.12. The molecule has 1 aliphatic carbocycles. The van der Waals surface area contributed by atoms with Crippen LogP contribution in [0.15, 0.2) is 22.6 Å². The van der Waals surface area contributed by atoms with E-state index < -0.39 is 0 Å². The lowest BCUT2D eigenvalue weighted by Gasteiger charge is -2.16. The molecule has 2 heterocycles. The Morgan fingerprint density at radius 3 is 2.72 bits per heavy atom. The first-order valence-corrected chi connectivity index (χ1v) is 9.32. The summed E-state index contributed by atoms with van der Waals surface area (Å²) in [6.07, 6.45) is 3.71. The topological polar surface area (TPSA) is 39.7 Å². The molecule has 132 valence electrons. The Bertz CT molecular complexity index is 945. The molecule has 0 spiro atoms. The van der Waals surface area contributed by atoms with Gasteiger partial charge in [-0.25, -0.2) is 0 Å². The fourth-order valence-electron chi connectivity index (χ4n) is 3.63. The van der Waals surface area contributed by atoms with E-state index in [2.05, 4.69) is 12.0 Å². The van der Waals surface area contributed by atoms with Gasteiger partial charge in [-0.15, -0.1) is 0 Å². The van der Waals surface area contributed by atoms with Crippen molar-refractivity contribution < 1.29 is 9.15 Å². The van der Waals surface area contributed by atoms with Gasteiger partial charge in [0.1, 0.15) is 23.3 Å². The lowest BCUT2D eigenvalue weighted by atomic mass is 10.1. The van der Waals surface area contributed by atoms with Gasteiger partial charge in [-0.05, 0) is 57.2 Å². The third-order valence-corrected chi connectivity index (χ3v) is 5.55. The van der Waals surface area contributed by atoms with Crippen molar-refractivity contribution in [2.24, 2.45) is 5.92 Å². The van der Waals surface area contributed by atoms with E-state index in [0.717, 1.165) is 34.9 Å². The highest BCUT2D eigenvalue weighted by atomic mass is 35.5. The highest BCUT2D eigenvalue weighted by Gasteiger charge is 2.29. The Morgan fingerprint density at radius 1 is 1.24 bits per heavy atom. The van der Waals surface area contributed by atoms with Crippen molar-refractivity contribution >= 4 is 28.9 Å². The highest BCUT2D eigenvalue weighted by molar-refractivity contribution is 6.36. The number of benzene rings is 1. The second-order valence-electron chi connectivity index (χ2n) is 6.83. The van der Waals surface area contributed by atoms with Gasteiger partial charge in [-0.1, -0.05) is 30.1 Å². The van der Waals surface area contributed by atoms with E-state index in [4.69, 9.17) is 32.4 Å². The number of ether oxygens (including phenoxy) is 1. The molecule has 0 amide bonds. The number of nitrogens with zero attached hydrogens (tertiary/aromatic N) is 2. The third-order valence-electron chi connectivity index (χ3n) is 5.00. The van der Waals surface area contributed by atoms with Gasteiger partial charge in [0.15, 0.2) is 0 Å². The highest BCUT2D eigenvalue weighted by Crippen LogP contribution is 2.39. The summed E-state index contributed by atoms with van der Waals surface area (Å²) >= 11 is 12.4. The molecule has 0 radical (unpaired) electrons. The molecule has 3 aromatic rings. The predicted octanol–water partition coefficient (Wildman–Crippen LogP) is 6.09. The molecule has 1 aromatic carbocycles. The number of oxazole rings is 1. The SMILES string of the molecule is Cc1nn2c(-c3ccc(Cl)cc3Cl)c(C)oc2c1OC1CCCC1C. The molecule has 1 saturated carbocycles. The van der Waals surface area contributed by atoms with Crippen LogP contribution in [0.5, 0.6) is 5.75 Å². The van der Waals surface area contributed by atoms with Gasteiger partial charge in [-0.3, -0.25) is 0 Å². The summed E-state index contributed by atoms with van der Waals surface area (Å²) in [5, 5.41) is 5.81. The van der Waals surface area contributed by atoms with Crippen LogP contribution in [-0.4, -0.2) is 15.7 Å². The monoisotopic (exact) mass is 378 g/mol. The number of halogens is 2. The van der Waals surface area contributed by atoms with Gasteiger partial charge in [-0.2, -0.15) is 9.61 Å². The molecule has 25 heavy (non-hydrogen) atoms. The molecule has 2 atom stereocenters. The van der Waals surface area contributed by atoms with Crippen molar-refractivity contribution in [3.05, 3.63) is 39.7 Å². The van der Waals surface area contributed by atoms with Crippen LogP contribution in [-0.2, 0) is 0 Å². The summed E-state index contributed by atoms with van der Waals surface area (Å²) in [4.78, 5) is 0. The Labute approximate surface area is 156 Å². The molecule has 1 aliphatic rings. The fourth-order valence-corrected chi connectivity index (χ4v) is 4.13. The molecule has 0 aliphatic heterocycles. The average Bonchev–Trinajstić information content (AvgIpc) is 3.17. The molecule has 1 fully saturated rings. The van der Waals surface area contributed by atoms with Crippen LogP contribution >= 0.6 is 23.2 Å². The van der Waals surface area contributed by atoms with Gasteiger partial charge >= 0.3 is 0 Å². The van der Waals surface area contributed by atoms with Gasteiger partial charge in [0.2, 0.25) is 5.75 Å². The van der Waals surface area contributed by atoms with Crippen molar-refractivity contribution in [2.75, 3.05) is 0 Å². The molecule has 0 saturated heterocycles. The first kappa shape index (κ1) is 16.8. The van der Waals surface area contributed by atoms with E-state index in [1.165, 1.54) is 12.8 Å². The summed E-state index contributed by atoms with van der Waals surface area (Å²) in [5.74, 6) is 2.03. The van der Waals surface area contributed by atoms with Crippen molar-refractivity contribution in [3.8, 4) is 17.0 Å². The van der Waals surface area contributed by atoms with Gasteiger partial charge < -0.3 is 9.15 Å². The predicted molar refractivity (Wildman–Crippen MR) is 99.8 cm³/mol. The van der Waals surface area contributed by atoms with Gasteiger partial charge in [0.25, 0.3) is 5.71 Å². The smallest absolute Gasteiger partial charge is 0.266 e. The summed E-state index contributed by atoms with van der Waals surface area (Å²) < 4.78 is 14.1. The number of hydrogen-bond acceptors (Lipinski definition) is 3. The summed E-state index contributed by atoms with van der Waals surface area (Å²) in [6.45, 7) is 6.09. The number of hydrogen-bond donors (Lipinski definition) is 0. The summed E-state index contributed by atoms with van der Waals surface area (Å²) in [7, 11) is 0. The van der Waals surface area contributed by atoms with Gasteiger partial charge in [0, 0.05) is 10.6 Å². The zero-order valence-corrected chi connectivity index (χ0v) is 16.0. The van der Waals surface area contributed by atoms with Crippen LogP contribution in [0.4, 0.5) is 0 Å². The average molecular weight is 379 g/mol. The Balaban J connectivity index is 1.82. The zero-order valence-electron chi connectivity index (χ0n) is 14.5. The number of aromatic nitrogens is 2. The van der Waals surface area contributed by atoms with E-state index in [1.807, 2.05) is 26.0 Å². The van der Waals surface area contributed by atoms with Crippen LogP contribution in [0.3, 0.4) is 0 Å². The molecular formula is C19H20Cl2N2O2. The standard InChI is InChI=1S/C19H20Cl2N2O2/c1-10-5-4-6-16(10)25-18-11(2)22-23-17(12(3)24-19(18)23)14-8-7-13(20)9-15(14)21/h7-10,16H,4-6H2,1-3H3. The second-order valence-corrected chi connectivity index (χ2v) is 7.67. The number of aryl methyl sites for hydroxylation is 2. The maximum Gasteiger partial charge on any atom is 0.266 e. The number of fused-ring (bicyclic) bond motifs is 1. The van der Waals surface area contributed by atoms with Crippen molar-refractivity contribution in [3.63, 3.8) is 0 Å². The minimum Gasteiger partial charge on any atom is -0.483 e. The minimum atomic E-state index is 0.222. The lowest BCUT2D eigenvalue weighted by Crippen LogP contribution is -2.19. The van der Waals surface area contributed by atoms with Crippen LogP contribution in [0.2, 0.25) is 10.0 Å². The largest absolute Gasteiger partial charge is 0.483 e. The lowest BCUT2D eigenvalue weighted by molar-refractivity contribution is 0.166. The Kier molecular flexibility index (Phi) is 4.20. The third kappa shape index (κ3) is 2.81. The molecule has 4 rings (SSSR count). The quantitative estimate of drug-likeness (QED) is 0.553. The second kappa shape index (κ2) is 6.26. The Morgan fingerprint density at radius 2 is 2.04 bits per heavy atom. The number of rotatable bonds is 3. The molecule has 2 unspecified atom stereocenters. The van der Waals surface area contributed by atoms with E-state index in [-0.39, 0.29) is 6.10 Å². The molecular weight excluding hydrogens is 359 g/mol. The maximum atomic E-state index is 6.40. The van der Waals surface area contributed by atoms with Crippen LogP contribution in [0.25, 0.3) is 17.0 Å². The fraction of sp³-hybridized carbons (Fsp3) is 0.421. The zero-order chi connectivity index (χ0) is 17.7. The van der Waals surface area contributed by atoms with Crippen molar-refractivity contribution in [1.82, 2.24) is 9.61 Å². The van der Waals surface area contributed by atoms with Crippen LogP contribution < -0.4 is 4.74 Å². The molecule has 2 aromatic heterocycles. The first-order valence-electron chi connectivity index (χ1n) is 8.56. The van der Waals surface area contributed by atoms with E-state index in [0.29, 0.717) is 21.7 Å². The van der Waals surface area contributed by atoms with E-state index in [9.17, 15) is 0 Å². The van der Waals surface area contributed by atoms with Crippen LogP contribution in [0, 0.1) is 19.8 Å². The Hall–Kier alpha value is -1.65. The minimum absolute atomic E-state index is 0.222. The van der Waals surface area contributed by atoms with Crippen molar-refractivity contribution in [2.45, 2.75) is 46.1 Å². The summed E-state index contributed by atoms with van der Waals surface area (Å²) in [6, 6.07) is 5.43. The normalized spacial score (nSPS) is 20.5. The molecule has 0 N–H and O–H groups in total. The van der Waals surface area contributed by atoms with Crippen LogP contribution in [0.1, 0.15) is 37.6 Å².